The van der Waals surface area contributed by atoms with Crippen molar-refractivity contribution in [2.24, 2.45) is 51.2 Å². The molecule has 224 valence electrons. The number of ketones is 1. The Morgan fingerprint density at radius 3 is 1.90 bits per heavy atom. The molecule has 0 N–H and O–H groups in total. The SMILES string of the molecule is CC[C@@]1(C)CCC[C@]2(C)[C@H]3C[C@H](OC(C)=O)[C@]45CC(OC(C)=O)[C@H]4[C@H](C(C)=O)[C@@H](OC(C)=O)C[C@H]5[C@]3(C)CC[C@@H]12. The highest BCUT2D eigenvalue weighted by Crippen LogP contribution is 2.78. The van der Waals surface area contributed by atoms with E-state index in [1.54, 1.807) is 6.92 Å². The minimum atomic E-state index is -0.596. The lowest BCUT2D eigenvalue weighted by molar-refractivity contribution is -0.324. The zero-order valence-electron chi connectivity index (χ0n) is 25.8. The van der Waals surface area contributed by atoms with E-state index in [1.165, 1.54) is 46.5 Å². The summed E-state index contributed by atoms with van der Waals surface area (Å²) < 4.78 is 18.0. The summed E-state index contributed by atoms with van der Waals surface area (Å²) in [4.78, 5) is 50.4. The van der Waals surface area contributed by atoms with Gasteiger partial charge in [0, 0.05) is 32.1 Å². The molecule has 0 aromatic rings. The van der Waals surface area contributed by atoms with Crippen molar-refractivity contribution in [1.82, 2.24) is 0 Å². The van der Waals surface area contributed by atoms with Gasteiger partial charge in [0.1, 0.15) is 24.1 Å². The lowest BCUT2D eigenvalue weighted by Gasteiger charge is -2.76. The van der Waals surface area contributed by atoms with Crippen LogP contribution in [0.5, 0.6) is 0 Å². The summed E-state index contributed by atoms with van der Waals surface area (Å²) in [7, 11) is 0. The minimum absolute atomic E-state index is 0.0681. The molecule has 0 aliphatic heterocycles. The molecule has 0 radical (unpaired) electrons. The predicted octanol–water partition coefficient (Wildman–Crippen LogP) is 6.06. The van der Waals surface area contributed by atoms with Crippen LogP contribution in [0.4, 0.5) is 0 Å². The van der Waals surface area contributed by atoms with Gasteiger partial charge >= 0.3 is 17.9 Å². The number of fused-ring (bicyclic) bond motifs is 4. The van der Waals surface area contributed by atoms with Gasteiger partial charge in [-0.2, -0.15) is 0 Å². The zero-order chi connectivity index (χ0) is 29.4. The van der Waals surface area contributed by atoms with E-state index in [1.807, 2.05) is 0 Å². The van der Waals surface area contributed by atoms with Gasteiger partial charge in [0.25, 0.3) is 0 Å². The van der Waals surface area contributed by atoms with E-state index in [9.17, 15) is 19.2 Å². The number of esters is 3. The molecule has 5 saturated carbocycles. The van der Waals surface area contributed by atoms with Crippen LogP contribution in [-0.4, -0.2) is 42.0 Å². The topological polar surface area (TPSA) is 96.0 Å². The van der Waals surface area contributed by atoms with Crippen molar-refractivity contribution in [3.8, 4) is 0 Å². The third-order valence-corrected chi connectivity index (χ3v) is 13.2. The Kier molecular flexibility index (Phi) is 7.27. The van der Waals surface area contributed by atoms with Crippen molar-refractivity contribution in [2.75, 3.05) is 0 Å². The second-order valence-corrected chi connectivity index (χ2v) is 14.9. The molecular formula is C33H50O7. The third kappa shape index (κ3) is 4.10. The largest absolute Gasteiger partial charge is 0.462 e. The first kappa shape index (κ1) is 29.6. The van der Waals surface area contributed by atoms with E-state index in [-0.39, 0.29) is 46.5 Å². The van der Waals surface area contributed by atoms with Crippen molar-refractivity contribution < 1.29 is 33.4 Å². The van der Waals surface area contributed by atoms with Gasteiger partial charge in [-0.15, -0.1) is 0 Å². The van der Waals surface area contributed by atoms with E-state index < -0.39 is 29.5 Å². The van der Waals surface area contributed by atoms with Crippen LogP contribution in [-0.2, 0) is 33.4 Å². The lowest BCUT2D eigenvalue weighted by Crippen LogP contribution is -2.77. The number of Topliss-reactive ketones (excluding diaryl/α,β-unsaturated/α-hetero) is 1. The Morgan fingerprint density at radius 1 is 0.725 bits per heavy atom. The van der Waals surface area contributed by atoms with Crippen LogP contribution in [0.2, 0.25) is 0 Å². The Morgan fingerprint density at radius 2 is 1.32 bits per heavy atom. The normalized spacial score (nSPS) is 49.1. The summed E-state index contributed by atoms with van der Waals surface area (Å²) >= 11 is 0. The Balaban J connectivity index is 1.66. The maximum atomic E-state index is 13.3. The van der Waals surface area contributed by atoms with Crippen LogP contribution in [0.15, 0.2) is 0 Å². The van der Waals surface area contributed by atoms with E-state index in [0.29, 0.717) is 30.1 Å². The van der Waals surface area contributed by atoms with Crippen LogP contribution in [0.25, 0.3) is 0 Å². The Hall–Kier alpha value is -1.92. The van der Waals surface area contributed by atoms with Gasteiger partial charge in [-0.05, 0) is 85.9 Å². The number of ether oxygens (including phenoxy) is 3. The number of carbonyl (C=O) groups excluding carboxylic acids is 4. The number of carbonyl (C=O) groups is 4. The molecule has 1 spiro atoms. The quantitative estimate of drug-likeness (QED) is 0.299. The highest BCUT2D eigenvalue weighted by atomic mass is 16.6. The van der Waals surface area contributed by atoms with Gasteiger partial charge < -0.3 is 14.2 Å². The second kappa shape index (κ2) is 9.83. The molecule has 0 bridgehead atoms. The van der Waals surface area contributed by atoms with Gasteiger partial charge in [-0.1, -0.05) is 40.5 Å². The molecule has 0 aromatic carbocycles. The van der Waals surface area contributed by atoms with E-state index in [4.69, 9.17) is 14.2 Å². The highest BCUT2D eigenvalue weighted by molar-refractivity contribution is 5.81. The van der Waals surface area contributed by atoms with E-state index in [2.05, 4.69) is 27.7 Å². The molecule has 7 nitrogen and oxygen atoms in total. The van der Waals surface area contributed by atoms with Crippen LogP contribution in [0.1, 0.15) is 113 Å². The molecule has 0 heterocycles. The summed E-state index contributed by atoms with van der Waals surface area (Å²) in [6, 6.07) is 0. The lowest BCUT2D eigenvalue weighted by atomic mass is 9.29. The molecule has 5 fully saturated rings. The van der Waals surface area contributed by atoms with Crippen LogP contribution in [0, 0.1) is 51.2 Å². The molecule has 0 amide bonds. The predicted molar refractivity (Wildman–Crippen MR) is 149 cm³/mol. The first-order valence-electron chi connectivity index (χ1n) is 15.7. The average Bonchev–Trinajstić information content (AvgIpc) is 2.82. The molecule has 1 unspecified atom stereocenters. The van der Waals surface area contributed by atoms with Gasteiger partial charge in [0.15, 0.2) is 0 Å². The van der Waals surface area contributed by atoms with Crippen molar-refractivity contribution in [3.05, 3.63) is 0 Å². The molecule has 5 aliphatic carbocycles. The van der Waals surface area contributed by atoms with Crippen molar-refractivity contribution in [1.29, 1.82) is 0 Å². The summed E-state index contributed by atoms with van der Waals surface area (Å²) in [5.41, 5.74) is -0.158. The van der Waals surface area contributed by atoms with Gasteiger partial charge in [0.05, 0.1) is 5.92 Å². The summed E-state index contributed by atoms with van der Waals surface area (Å²) in [5, 5.41) is 0. The zero-order valence-corrected chi connectivity index (χ0v) is 25.8. The maximum absolute atomic E-state index is 13.3. The molecule has 12 atom stereocenters. The monoisotopic (exact) mass is 558 g/mol. The summed E-state index contributed by atoms with van der Waals surface area (Å²) in [6.07, 6.45) is 7.53. The number of hydrogen-bond acceptors (Lipinski definition) is 7. The van der Waals surface area contributed by atoms with Gasteiger partial charge in [-0.3, -0.25) is 19.2 Å². The van der Waals surface area contributed by atoms with Crippen molar-refractivity contribution in [2.45, 2.75) is 131 Å². The van der Waals surface area contributed by atoms with Crippen LogP contribution >= 0.6 is 0 Å². The maximum Gasteiger partial charge on any atom is 0.302 e. The molecule has 0 saturated heterocycles. The first-order chi connectivity index (χ1) is 18.6. The molecule has 5 rings (SSSR count). The Labute approximate surface area is 239 Å². The number of hydrogen-bond donors (Lipinski definition) is 0. The molecular weight excluding hydrogens is 508 g/mol. The van der Waals surface area contributed by atoms with Crippen LogP contribution < -0.4 is 0 Å². The van der Waals surface area contributed by atoms with Crippen molar-refractivity contribution in [3.63, 3.8) is 0 Å². The average molecular weight is 559 g/mol. The number of rotatable bonds is 5. The highest BCUT2D eigenvalue weighted by Gasteiger charge is 2.78. The molecule has 7 heteroatoms. The standard InChI is InChI=1S/C33H50O7/c1-9-30(6)12-10-13-31(7)24(30)11-14-32(8)25(31)16-27(40-21(5)37)33-17-23(39-20(4)36)29(33)28(18(2)34)22(15-26(32)33)38-19(3)35/h22-29H,9-17H2,1-8H3/t22-,23?,24-,25+,26-,27-,28+,29-,30-,31-,32+,33+/m0/s1. The fraction of sp³-hybridized carbons (Fsp3) is 0.879. The minimum Gasteiger partial charge on any atom is -0.462 e. The summed E-state index contributed by atoms with van der Waals surface area (Å²) in [6.45, 7) is 15.6. The fourth-order valence-corrected chi connectivity index (χ4v) is 11.9. The van der Waals surface area contributed by atoms with Gasteiger partial charge in [-0.25, -0.2) is 0 Å². The first-order valence-corrected chi connectivity index (χ1v) is 15.7. The molecule has 5 aliphatic rings. The smallest absolute Gasteiger partial charge is 0.302 e. The second-order valence-electron chi connectivity index (χ2n) is 14.9. The van der Waals surface area contributed by atoms with Gasteiger partial charge in [0.2, 0.25) is 0 Å². The third-order valence-electron chi connectivity index (χ3n) is 13.2. The molecule has 0 aromatic heterocycles. The Bertz CT molecular complexity index is 1080. The molecule has 40 heavy (non-hydrogen) atoms. The summed E-state index contributed by atoms with van der Waals surface area (Å²) in [5.74, 6) is -1.09. The van der Waals surface area contributed by atoms with E-state index >= 15 is 0 Å². The van der Waals surface area contributed by atoms with Crippen molar-refractivity contribution >= 4 is 23.7 Å². The van der Waals surface area contributed by atoms with E-state index in [0.717, 1.165) is 19.3 Å². The van der Waals surface area contributed by atoms with Crippen LogP contribution in [0.3, 0.4) is 0 Å². The fourth-order valence-electron chi connectivity index (χ4n) is 11.9.